The number of rotatable bonds is 22. The molecule has 0 saturated carbocycles. The van der Waals surface area contributed by atoms with Gasteiger partial charge in [-0.3, -0.25) is 19.7 Å². The molecule has 25 heteroatoms. The van der Waals surface area contributed by atoms with Crippen LogP contribution in [0.3, 0.4) is 0 Å². The number of aromatic nitrogens is 7. The number of ketones is 1. The minimum absolute atomic E-state index is 0.108. The molecule has 11 heterocycles. The fourth-order valence-corrected chi connectivity index (χ4v) is 17.3. The highest BCUT2D eigenvalue weighted by Gasteiger charge is 2.36. The number of nitrogens with zero attached hydrogens (tertiary/aromatic N) is 17. The second-order valence-corrected chi connectivity index (χ2v) is 32.9. The van der Waals surface area contributed by atoms with Crippen molar-refractivity contribution < 1.29 is 36.9 Å². The molecular formula is C94H109F4N17O4. The Morgan fingerprint density at radius 2 is 0.966 bits per heavy atom. The summed E-state index contributed by atoms with van der Waals surface area (Å²) in [6.45, 7) is 28.4. The Labute approximate surface area is 693 Å². The van der Waals surface area contributed by atoms with Gasteiger partial charge >= 0.3 is 6.18 Å². The van der Waals surface area contributed by atoms with Crippen LogP contribution in [0.2, 0.25) is 0 Å². The van der Waals surface area contributed by atoms with E-state index in [1.807, 2.05) is 43.5 Å². The van der Waals surface area contributed by atoms with E-state index in [4.69, 9.17) is 9.47 Å². The molecule has 0 fully saturated rings. The third-order valence-corrected chi connectivity index (χ3v) is 23.8. The summed E-state index contributed by atoms with van der Waals surface area (Å²) in [5, 5.41) is 22.8. The lowest BCUT2D eigenvalue weighted by Crippen LogP contribution is -2.31. The average molecular weight is 1620 g/mol. The zero-order valence-corrected chi connectivity index (χ0v) is 70.3. The van der Waals surface area contributed by atoms with Crippen molar-refractivity contribution >= 4 is 49.4 Å². The number of aliphatic hydroxyl groups is 1. The van der Waals surface area contributed by atoms with Gasteiger partial charge in [-0.05, 0) is 243 Å². The number of likely N-dealkylation sites (N-methyl/N-ethyl adjacent to an activating group) is 4. The van der Waals surface area contributed by atoms with E-state index in [1.165, 1.54) is 112 Å². The third-order valence-electron chi connectivity index (χ3n) is 23.8. The number of hydrogen-bond acceptors (Lipinski definition) is 13. The lowest BCUT2D eigenvalue weighted by atomic mass is 9.93. The van der Waals surface area contributed by atoms with Crippen LogP contribution in [-0.2, 0) is 104 Å². The first-order valence-corrected chi connectivity index (χ1v) is 41.1. The summed E-state index contributed by atoms with van der Waals surface area (Å²) in [6, 6.07) is 42.9. The van der Waals surface area contributed by atoms with Crippen LogP contribution in [0.25, 0.3) is 64.5 Å². The summed E-state index contributed by atoms with van der Waals surface area (Å²) < 4.78 is 74.1. The van der Waals surface area contributed by atoms with Crippen LogP contribution in [0, 0.1) is 40.4 Å². The Morgan fingerprint density at radius 3 is 1.41 bits per heavy atom. The Balaban J connectivity index is 0.000000137. The number of Topliss-reactive ketones (excluding diaryl/α,β-unsaturated/α-hetero) is 1. The topological polar surface area (TPSA) is 225 Å². The van der Waals surface area contributed by atoms with Crippen LogP contribution in [0.15, 0.2) is 181 Å². The van der Waals surface area contributed by atoms with Gasteiger partial charge in [0.05, 0.1) is 43.6 Å². The van der Waals surface area contributed by atoms with E-state index in [-0.39, 0.29) is 35.6 Å². The van der Waals surface area contributed by atoms with Gasteiger partial charge in [0.15, 0.2) is 0 Å². The van der Waals surface area contributed by atoms with Crippen molar-refractivity contribution in [2.45, 2.75) is 169 Å². The van der Waals surface area contributed by atoms with Crippen molar-refractivity contribution in [1.29, 1.82) is 0 Å². The van der Waals surface area contributed by atoms with Crippen molar-refractivity contribution in [3.63, 3.8) is 0 Å². The number of aryl methyl sites for hydroxylation is 5. The minimum atomic E-state index is -4.52. The maximum atomic E-state index is 13.5. The van der Waals surface area contributed by atoms with Gasteiger partial charge in [-0.2, -0.15) is 13.2 Å². The molecule has 0 radical (unpaired) electrons. The van der Waals surface area contributed by atoms with Crippen LogP contribution in [0.1, 0.15) is 146 Å². The van der Waals surface area contributed by atoms with E-state index in [9.17, 15) is 38.5 Å². The van der Waals surface area contributed by atoms with Crippen LogP contribution in [-0.4, -0.2) is 144 Å². The number of carbonyl (C=O) groups is 1. The van der Waals surface area contributed by atoms with Gasteiger partial charge in [0.2, 0.25) is 0 Å². The molecule has 1 N–H and O–H groups in total. The van der Waals surface area contributed by atoms with Crippen molar-refractivity contribution in [2.24, 2.45) is 10.2 Å². The van der Waals surface area contributed by atoms with Crippen LogP contribution >= 0.6 is 0 Å². The second kappa shape index (κ2) is 38.0. The molecule has 0 bridgehead atoms. The number of pyridine rings is 3. The fourth-order valence-electron chi connectivity index (χ4n) is 17.3. The molecule has 12 aromatic rings. The normalized spacial score (nSPS) is 15.8. The highest BCUT2D eigenvalue weighted by atomic mass is 19.4. The van der Waals surface area contributed by atoms with E-state index in [1.54, 1.807) is 38.4 Å². The van der Waals surface area contributed by atoms with E-state index in [0.29, 0.717) is 51.3 Å². The summed E-state index contributed by atoms with van der Waals surface area (Å²) in [5.41, 5.74) is 41.4. The van der Waals surface area contributed by atoms with E-state index < -0.39 is 17.4 Å². The predicted molar refractivity (Wildman–Crippen MR) is 463 cm³/mol. The molecule has 119 heavy (non-hydrogen) atoms. The lowest BCUT2D eigenvalue weighted by molar-refractivity contribution is -0.141. The maximum Gasteiger partial charge on any atom is 0.433 e. The number of benzene rings is 5. The number of ether oxygens (including phenoxy) is 2. The number of azide groups is 2. The minimum Gasteiger partial charge on any atom is -0.513 e. The zero-order valence-electron chi connectivity index (χ0n) is 70.3. The number of carbonyl (C=O) groups excluding carboxylic acids is 1. The number of hydrogen-bond donors (Lipinski definition) is 1. The standard InChI is InChI=1S/C26H31FN2O2.C24H29N3O2.C22H23F3N6.C22H26N6/c1-18-4-9-24-23(16-18)22-10-13-28(3)14-11-25(22)29(24)17-26(31-15-12-19(2)30)20-5-7-21(27)8-6-20;1-17-4-5-22-21(14-17)20-8-12-26(3)15-23(20)27(22)16-24(29-13-9-18(2)28)19-6-10-25-11-7-19;1-14-4-6-18-17(10-14)16-8-9-30(3)12-19(16)31(18)13-21(2,28-29-26)15-5-7-20(27-11-15)22(23,24)25;1-15-4-7-21-19(12-15)18-8-10-27(3)11-9-22(18)28(21)14-20(25-26-23)17-6-5-16(2)24-13-17/h4-9,16,26H,10-15,17H2,1-3H3;4-7,10-11,14,24,28H,2,8-9,12-13,15-16H2,1,3H3;4-7,10-11H,8-9,12-13H2,1-3H3;4-7,12-13,20H,8-11,14H2,1-3H3. The Morgan fingerprint density at radius 1 is 0.529 bits per heavy atom. The Bertz CT molecular complexity index is 5700. The summed E-state index contributed by atoms with van der Waals surface area (Å²) in [6.07, 6.45) is 8.60. The first-order chi connectivity index (χ1) is 57.1. The van der Waals surface area contributed by atoms with Gasteiger partial charge in [-0.15, -0.1) is 0 Å². The number of fused-ring (bicyclic) bond motifs is 12. The molecule has 7 aromatic heterocycles. The molecule has 0 amide bonds. The molecule has 4 unspecified atom stereocenters. The molecule has 622 valence electrons. The third kappa shape index (κ3) is 20.3. The molecule has 21 nitrogen and oxygen atoms in total. The number of aliphatic hydroxyl groups excluding tert-OH is 1. The zero-order chi connectivity index (χ0) is 84.4. The summed E-state index contributed by atoms with van der Waals surface area (Å²) in [5.74, 6) is 0.000972. The fraction of sp³-hybridized carbons (Fsp3) is 0.404. The summed E-state index contributed by atoms with van der Waals surface area (Å²) >= 11 is 0. The van der Waals surface area contributed by atoms with Crippen molar-refractivity contribution in [1.82, 2.24) is 52.8 Å². The van der Waals surface area contributed by atoms with Gasteiger partial charge in [0.25, 0.3) is 0 Å². The Hall–Kier alpha value is -11.0. The second-order valence-electron chi connectivity index (χ2n) is 32.9. The predicted octanol–water partition coefficient (Wildman–Crippen LogP) is 19.7. The molecular weight excluding hydrogens is 1510 g/mol. The number of alkyl halides is 3. The molecule has 5 aromatic carbocycles. The lowest BCUT2D eigenvalue weighted by Gasteiger charge is -2.29. The molecule has 4 atom stereocenters. The SMILES string of the molecule is C=C(O)CCOC(Cn1c2c(c3cc(C)ccc31)CCN(C)C2)c1ccncc1.CC(=O)CCOC(Cn1c2c(c3cc(C)ccc31)CCN(C)CC2)c1ccc(F)cc1.Cc1ccc2c(c1)c1c(n2CC(C)(N=[N+]=[N-])c2ccc(C(F)(F)F)nc2)CN(C)CC1.Cc1ccc2c(c1)c1c(n2CC(N=[N+]=[N-])c2ccc(C)nc2)CCN(C)CC1. The van der Waals surface area contributed by atoms with Crippen LogP contribution in [0.5, 0.6) is 0 Å². The molecule has 4 aliphatic rings. The summed E-state index contributed by atoms with van der Waals surface area (Å²) in [4.78, 5) is 39.1. The molecule has 0 aliphatic carbocycles. The van der Waals surface area contributed by atoms with Gasteiger partial charge in [0.1, 0.15) is 29.5 Å². The number of halogens is 4. The highest BCUT2D eigenvalue weighted by molar-refractivity contribution is 5.89. The van der Waals surface area contributed by atoms with Crippen molar-refractivity contribution in [2.75, 3.05) is 80.7 Å². The van der Waals surface area contributed by atoms with Crippen molar-refractivity contribution in [3.05, 3.63) is 298 Å². The first-order valence-electron chi connectivity index (χ1n) is 41.1. The summed E-state index contributed by atoms with van der Waals surface area (Å²) in [7, 11) is 8.60. The van der Waals surface area contributed by atoms with E-state index in [0.717, 1.165) is 149 Å². The van der Waals surface area contributed by atoms with Crippen LogP contribution in [0.4, 0.5) is 17.6 Å². The quantitative estimate of drug-likeness (QED) is 0.0221. The molecule has 4 aliphatic heterocycles. The maximum absolute atomic E-state index is 13.5. The largest absolute Gasteiger partial charge is 0.513 e. The monoisotopic (exact) mass is 1620 g/mol. The van der Waals surface area contributed by atoms with Gasteiger partial charge < -0.3 is 52.4 Å². The van der Waals surface area contributed by atoms with Gasteiger partial charge in [0, 0.05) is 198 Å². The molecule has 0 spiro atoms. The van der Waals surface area contributed by atoms with Crippen molar-refractivity contribution in [3.8, 4) is 0 Å². The van der Waals surface area contributed by atoms with Crippen LogP contribution < -0.4 is 0 Å². The highest BCUT2D eigenvalue weighted by Crippen LogP contribution is 2.41. The Kier molecular flexibility index (Phi) is 27.4. The van der Waals surface area contributed by atoms with E-state index >= 15 is 0 Å². The molecule has 16 rings (SSSR count). The first kappa shape index (κ1) is 85.9. The van der Waals surface area contributed by atoms with E-state index in [2.05, 4.69) is 202 Å². The molecule has 0 saturated heterocycles. The average Bonchev–Trinajstić information content (AvgIpc) is 1.64. The van der Waals surface area contributed by atoms with Gasteiger partial charge in [-0.25, -0.2) is 4.39 Å². The van der Waals surface area contributed by atoms with Gasteiger partial charge in [-0.1, -0.05) is 87.6 Å². The smallest absolute Gasteiger partial charge is 0.433 e.